The van der Waals surface area contributed by atoms with Gasteiger partial charge in [0, 0.05) is 12.3 Å². The Morgan fingerprint density at radius 3 is 2.70 bits per heavy atom. The van der Waals surface area contributed by atoms with E-state index in [0.717, 1.165) is 5.56 Å². The van der Waals surface area contributed by atoms with E-state index in [4.69, 9.17) is 9.15 Å². The van der Waals surface area contributed by atoms with Crippen LogP contribution in [-0.2, 0) is 6.54 Å². The highest BCUT2D eigenvalue weighted by atomic mass is 79.9. The van der Waals surface area contributed by atoms with E-state index in [1.807, 2.05) is 34.9 Å². The van der Waals surface area contributed by atoms with Crippen LogP contribution < -0.4 is 4.74 Å². The van der Waals surface area contributed by atoms with Crippen LogP contribution in [0.25, 0.3) is 11.6 Å². The molecule has 0 aliphatic carbocycles. The Hall–Kier alpha value is -2.65. The summed E-state index contributed by atoms with van der Waals surface area (Å²) in [6.45, 7) is 0.591. The van der Waals surface area contributed by atoms with E-state index in [-0.39, 0.29) is 0 Å². The Morgan fingerprint density at radius 2 is 1.96 bits per heavy atom. The van der Waals surface area contributed by atoms with Crippen molar-refractivity contribution in [3.63, 3.8) is 0 Å². The first-order chi connectivity index (χ1) is 13.2. The van der Waals surface area contributed by atoms with Gasteiger partial charge < -0.3 is 9.15 Å². The van der Waals surface area contributed by atoms with E-state index < -0.39 is 0 Å². The molecule has 3 aromatic heterocycles. The average Bonchev–Trinajstić information content (AvgIpc) is 3.29. The molecule has 4 rings (SSSR count). The lowest BCUT2D eigenvalue weighted by Crippen LogP contribution is -2.04. The molecule has 3 heterocycles. The fourth-order valence-corrected chi connectivity index (χ4v) is 3.52. The molecule has 0 radical (unpaired) electrons. The van der Waals surface area contributed by atoms with Crippen molar-refractivity contribution >= 4 is 27.7 Å². The Balaban J connectivity index is 1.73. The molecule has 1 aromatic carbocycles. The van der Waals surface area contributed by atoms with Crippen LogP contribution >= 0.6 is 27.7 Å². The van der Waals surface area contributed by atoms with Gasteiger partial charge in [-0.2, -0.15) is 4.98 Å². The molecule has 7 nitrogen and oxygen atoms in total. The van der Waals surface area contributed by atoms with Crippen LogP contribution in [0.5, 0.6) is 5.88 Å². The summed E-state index contributed by atoms with van der Waals surface area (Å²) in [6, 6.07) is 15.5. The molecule has 27 heavy (non-hydrogen) atoms. The molecule has 0 amide bonds. The predicted octanol–water partition coefficient (Wildman–Crippen LogP) is 4.30. The van der Waals surface area contributed by atoms with E-state index in [2.05, 4.69) is 48.2 Å². The number of aromatic nitrogens is 5. The molecule has 0 N–H and O–H groups in total. The maximum Gasteiger partial charge on any atom is 0.217 e. The first-order valence-corrected chi connectivity index (χ1v) is 9.61. The Bertz CT molecular complexity index is 1050. The van der Waals surface area contributed by atoms with Gasteiger partial charge in [-0.15, -0.1) is 10.2 Å². The zero-order valence-electron chi connectivity index (χ0n) is 14.2. The summed E-state index contributed by atoms with van der Waals surface area (Å²) in [5, 5.41) is 9.85. The Morgan fingerprint density at radius 1 is 1.11 bits per heavy atom. The summed E-state index contributed by atoms with van der Waals surface area (Å²) >= 11 is 4.65. The third kappa shape index (κ3) is 4.04. The molecule has 0 fully saturated rings. The highest BCUT2D eigenvalue weighted by Crippen LogP contribution is 2.30. The standard InChI is InChI=1S/C18H14BrN5O2S/c1-25-15-9-10-20-17(21-15)27-18-23-22-16(13-7-8-14(19)26-13)24(18)11-12-5-3-2-4-6-12/h2-10H,11H2,1H3. The number of ether oxygens (including phenoxy) is 1. The summed E-state index contributed by atoms with van der Waals surface area (Å²) in [5.74, 6) is 1.76. The molecule has 0 aliphatic rings. The van der Waals surface area contributed by atoms with E-state index in [9.17, 15) is 0 Å². The lowest BCUT2D eigenvalue weighted by molar-refractivity contribution is 0.392. The predicted molar refractivity (Wildman–Crippen MR) is 104 cm³/mol. The van der Waals surface area contributed by atoms with Crippen molar-refractivity contribution in [2.24, 2.45) is 0 Å². The third-order valence-electron chi connectivity index (χ3n) is 3.69. The second-order valence-electron chi connectivity index (χ2n) is 5.47. The number of hydrogen-bond donors (Lipinski definition) is 0. The van der Waals surface area contributed by atoms with Crippen LogP contribution in [0, 0.1) is 0 Å². The molecule has 4 aromatic rings. The number of furan rings is 1. The van der Waals surface area contributed by atoms with Crippen LogP contribution in [-0.4, -0.2) is 31.8 Å². The van der Waals surface area contributed by atoms with Crippen molar-refractivity contribution in [2.45, 2.75) is 16.9 Å². The van der Waals surface area contributed by atoms with E-state index in [0.29, 0.717) is 39.0 Å². The Kier molecular flexibility index (Phi) is 5.21. The van der Waals surface area contributed by atoms with Crippen molar-refractivity contribution in [2.75, 3.05) is 7.11 Å². The molecule has 0 atom stereocenters. The fourth-order valence-electron chi connectivity index (χ4n) is 2.46. The lowest BCUT2D eigenvalue weighted by atomic mass is 10.2. The zero-order valence-corrected chi connectivity index (χ0v) is 16.6. The van der Waals surface area contributed by atoms with Gasteiger partial charge in [0.25, 0.3) is 0 Å². The zero-order chi connectivity index (χ0) is 18.6. The second-order valence-corrected chi connectivity index (χ2v) is 7.18. The maximum absolute atomic E-state index is 5.68. The van der Waals surface area contributed by atoms with Gasteiger partial charge in [0.15, 0.2) is 20.7 Å². The van der Waals surface area contributed by atoms with Gasteiger partial charge in [0.1, 0.15) is 0 Å². The fraction of sp³-hybridized carbons (Fsp3) is 0.111. The van der Waals surface area contributed by atoms with Crippen molar-refractivity contribution in [1.29, 1.82) is 0 Å². The number of rotatable bonds is 6. The summed E-state index contributed by atoms with van der Waals surface area (Å²) < 4.78 is 13.5. The van der Waals surface area contributed by atoms with Crippen LogP contribution in [0.4, 0.5) is 0 Å². The SMILES string of the molecule is COc1ccnc(Sc2nnc(-c3ccc(Br)o3)n2Cc2ccccc2)n1. The largest absolute Gasteiger partial charge is 0.481 e. The quantitative estimate of drug-likeness (QED) is 0.411. The van der Waals surface area contributed by atoms with Gasteiger partial charge in [0.2, 0.25) is 11.7 Å². The summed E-state index contributed by atoms with van der Waals surface area (Å²) in [7, 11) is 1.57. The summed E-state index contributed by atoms with van der Waals surface area (Å²) in [6.07, 6.45) is 1.65. The average molecular weight is 444 g/mol. The maximum atomic E-state index is 5.68. The third-order valence-corrected chi connectivity index (χ3v) is 4.98. The van der Waals surface area contributed by atoms with Crippen LogP contribution in [0.3, 0.4) is 0 Å². The van der Waals surface area contributed by atoms with Crippen molar-refractivity contribution in [1.82, 2.24) is 24.7 Å². The molecular formula is C18H14BrN5O2S. The highest BCUT2D eigenvalue weighted by Gasteiger charge is 2.19. The first-order valence-electron chi connectivity index (χ1n) is 8.00. The summed E-state index contributed by atoms with van der Waals surface area (Å²) in [5.41, 5.74) is 1.12. The van der Waals surface area contributed by atoms with Gasteiger partial charge in [-0.1, -0.05) is 30.3 Å². The molecule has 0 bridgehead atoms. The number of halogens is 1. The summed E-state index contributed by atoms with van der Waals surface area (Å²) in [4.78, 5) is 8.62. The minimum absolute atomic E-state index is 0.497. The van der Waals surface area contributed by atoms with Gasteiger partial charge in [-0.3, -0.25) is 4.57 Å². The number of methoxy groups -OCH3 is 1. The van der Waals surface area contributed by atoms with Gasteiger partial charge >= 0.3 is 0 Å². The number of hydrogen-bond acceptors (Lipinski definition) is 7. The number of nitrogens with zero attached hydrogens (tertiary/aromatic N) is 5. The smallest absolute Gasteiger partial charge is 0.217 e. The van der Waals surface area contributed by atoms with Gasteiger partial charge in [-0.25, -0.2) is 4.98 Å². The molecule has 136 valence electrons. The normalized spacial score (nSPS) is 10.9. The number of benzene rings is 1. The lowest BCUT2D eigenvalue weighted by Gasteiger charge is -2.09. The van der Waals surface area contributed by atoms with E-state index in [1.54, 1.807) is 19.4 Å². The van der Waals surface area contributed by atoms with Crippen molar-refractivity contribution in [3.05, 3.63) is 65.0 Å². The van der Waals surface area contributed by atoms with Crippen LogP contribution in [0.2, 0.25) is 0 Å². The molecule has 0 saturated heterocycles. The van der Waals surface area contributed by atoms with Crippen molar-refractivity contribution < 1.29 is 9.15 Å². The molecule has 0 aliphatic heterocycles. The minimum Gasteiger partial charge on any atom is -0.481 e. The molecule has 0 saturated carbocycles. The first kappa shape index (κ1) is 17.7. The monoisotopic (exact) mass is 443 g/mol. The second kappa shape index (κ2) is 7.93. The minimum atomic E-state index is 0.497. The van der Waals surface area contributed by atoms with Gasteiger partial charge in [0.05, 0.1) is 13.7 Å². The highest BCUT2D eigenvalue weighted by molar-refractivity contribution is 9.10. The molecule has 0 unspecified atom stereocenters. The molecule has 9 heteroatoms. The van der Waals surface area contributed by atoms with Crippen LogP contribution in [0.15, 0.2) is 74.1 Å². The topological polar surface area (TPSA) is 78.9 Å². The van der Waals surface area contributed by atoms with Crippen LogP contribution in [0.1, 0.15) is 5.56 Å². The Labute approximate surface area is 167 Å². The molecule has 0 spiro atoms. The van der Waals surface area contributed by atoms with Gasteiger partial charge in [-0.05, 0) is 45.4 Å². The van der Waals surface area contributed by atoms with E-state index in [1.165, 1.54) is 11.8 Å². The van der Waals surface area contributed by atoms with Crippen molar-refractivity contribution in [3.8, 4) is 17.5 Å². The van der Waals surface area contributed by atoms with E-state index >= 15 is 0 Å². The molecular weight excluding hydrogens is 430 g/mol.